The van der Waals surface area contributed by atoms with Crippen LogP contribution in [0.25, 0.3) is 0 Å². The Labute approximate surface area is 136 Å². The minimum absolute atomic E-state index is 0.190. The van der Waals surface area contributed by atoms with Crippen LogP contribution in [0.5, 0.6) is 5.75 Å². The number of ether oxygens (including phenoxy) is 1. The van der Waals surface area contributed by atoms with Crippen LogP contribution in [0.3, 0.4) is 0 Å². The van der Waals surface area contributed by atoms with Crippen molar-refractivity contribution >= 4 is 0 Å². The molecule has 0 saturated carbocycles. The summed E-state index contributed by atoms with van der Waals surface area (Å²) in [6.07, 6.45) is 10.6. The van der Waals surface area contributed by atoms with Gasteiger partial charge in [0.2, 0.25) is 0 Å². The van der Waals surface area contributed by atoms with Crippen LogP contribution in [0.4, 0.5) is 0 Å². The van der Waals surface area contributed by atoms with Crippen LogP contribution < -0.4 is 4.74 Å². The summed E-state index contributed by atoms with van der Waals surface area (Å²) in [4.78, 5) is 0. The summed E-state index contributed by atoms with van der Waals surface area (Å²) in [6, 6.07) is 10.00. The third-order valence-corrected chi connectivity index (χ3v) is 4.27. The molecule has 0 spiro atoms. The van der Waals surface area contributed by atoms with Gasteiger partial charge in [0.1, 0.15) is 5.75 Å². The molecule has 0 fully saturated rings. The van der Waals surface area contributed by atoms with Gasteiger partial charge >= 0.3 is 0 Å². The van der Waals surface area contributed by atoms with Crippen molar-refractivity contribution in [3.63, 3.8) is 0 Å². The fourth-order valence-corrected chi connectivity index (χ4v) is 2.76. The van der Waals surface area contributed by atoms with Gasteiger partial charge < -0.3 is 9.84 Å². The zero-order valence-corrected chi connectivity index (χ0v) is 14.5. The number of hydrogen-bond donors (Lipinski definition) is 1. The molecule has 0 aliphatic heterocycles. The average molecular weight is 306 g/mol. The molecule has 0 heterocycles. The van der Waals surface area contributed by atoms with Crippen molar-refractivity contribution < 1.29 is 9.84 Å². The second-order valence-corrected chi connectivity index (χ2v) is 6.34. The summed E-state index contributed by atoms with van der Waals surface area (Å²) < 4.78 is 5.90. The second-order valence-electron chi connectivity index (χ2n) is 6.34. The molecule has 2 unspecified atom stereocenters. The third kappa shape index (κ3) is 9.09. The third-order valence-electron chi connectivity index (χ3n) is 4.27. The monoisotopic (exact) mass is 306 g/mol. The lowest BCUT2D eigenvalue weighted by molar-refractivity contribution is 0.114. The number of aliphatic hydroxyl groups is 1. The van der Waals surface area contributed by atoms with E-state index in [0.29, 0.717) is 5.92 Å². The van der Waals surface area contributed by atoms with E-state index in [2.05, 4.69) is 6.92 Å². The van der Waals surface area contributed by atoms with Gasteiger partial charge in [0.15, 0.2) is 0 Å². The van der Waals surface area contributed by atoms with Crippen LogP contribution >= 0.6 is 0 Å². The van der Waals surface area contributed by atoms with Crippen molar-refractivity contribution in [1.82, 2.24) is 0 Å². The summed E-state index contributed by atoms with van der Waals surface area (Å²) in [5.74, 6) is 1.39. The van der Waals surface area contributed by atoms with E-state index < -0.39 is 0 Å². The smallest absolute Gasteiger partial charge is 0.119 e. The number of hydrogen-bond acceptors (Lipinski definition) is 2. The molecule has 1 N–H and O–H groups in total. The standard InChI is InChI=1S/C20H34O2/c1-3-5-6-7-8-10-13-18(16-19(21)4-2)17-22-20-14-11-9-12-15-20/h9,11-12,14-15,18-19,21H,3-8,10,13,16-17H2,1-2H3. The largest absolute Gasteiger partial charge is 0.493 e. The van der Waals surface area contributed by atoms with E-state index in [-0.39, 0.29) is 6.10 Å². The summed E-state index contributed by atoms with van der Waals surface area (Å²) in [7, 11) is 0. The number of unbranched alkanes of at least 4 members (excludes halogenated alkanes) is 5. The lowest BCUT2D eigenvalue weighted by atomic mass is 9.94. The Morgan fingerprint density at radius 3 is 2.32 bits per heavy atom. The van der Waals surface area contributed by atoms with Gasteiger partial charge in [0.05, 0.1) is 12.7 Å². The summed E-state index contributed by atoms with van der Waals surface area (Å²) in [5, 5.41) is 9.94. The molecule has 0 saturated heterocycles. The van der Waals surface area contributed by atoms with Gasteiger partial charge in [-0.3, -0.25) is 0 Å². The topological polar surface area (TPSA) is 29.5 Å². The molecule has 2 nitrogen and oxygen atoms in total. The molecule has 1 aromatic carbocycles. The highest BCUT2D eigenvalue weighted by Crippen LogP contribution is 2.20. The zero-order valence-electron chi connectivity index (χ0n) is 14.5. The van der Waals surface area contributed by atoms with E-state index in [4.69, 9.17) is 4.74 Å². The summed E-state index contributed by atoms with van der Waals surface area (Å²) >= 11 is 0. The molecule has 1 rings (SSSR count). The SMILES string of the molecule is CCCCCCCCC(COc1ccccc1)CC(O)CC. The summed E-state index contributed by atoms with van der Waals surface area (Å²) in [6.45, 7) is 5.02. The first kappa shape index (κ1) is 19.0. The van der Waals surface area contributed by atoms with E-state index in [0.717, 1.165) is 31.6 Å². The highest BCUT2D eigenvalue weighted by molar-refractivity contribution is 5.20. The van der Waals surface area contributed by atoms with Crippen molar-refractivity contribution in [3.05, 3.63) is 30.3 Å². The maximum Gasteiger partial charge on any atom is 0.119 e. The van der Waals surface area contributed by atoms with Crippen molar-refractivity contribution in [1.29, 1.82) is 0 Å². The Hall–Kier alpha value is -1.02. The second kappa shape index (κ2) is 12.5. The zero-order chi connectivity index (χ0) is 16.0. The van der Waals surface area contributed by atoms with Crippen LogP contribution in [-0.4, -0.2) is 17.8 Å². The predicted molar refractivity (Wildman–Crippen MR) is 94.3 cm³/mol. The Kier molecular flexibility index (Phi) is 10.8. The van der Waals surface area contributed by atoms with Crippen molar-refractivity contribution in [2.24, 2.45) is 5.92 Å². The van der Waals surface area contributed by atoms with E-state index in [9.17, 15) is 5.11 Å². The fraction of sp³-hybridized carbons (Fsp3) is 0.700. The molecule has 1 aromatic rings. The fourth-order valence-electron chi connectivity index (χ4n) is 2.76. The molecule has 22 heavy (non-hydrogen) atoms. The Balaban J connectivity index is 2.29. The van der Waals surface area contributed by atoms with Crippen LogP contribution in [0, 0.1) is 5.92 Å². The first-order chi connectivity index (χ1) is 10.8. The molecule has 0 radical (unpaired) electrons. The number of para-hydroxylation sites is 1. The Morgan fingerprint density at radius 1 is 0.955 bits per heavy atom. The Morgan fingerprint density at radius 2 is 1.64 bits per heavy atom. The maximum atomic E-state index is 9.94. The molecule has 0 bridgehead atoms. The van der Waals surface area contributed by atoms with Gasteiger partial charge in [0, 0.05) is 0 Å². The highest BCUT2D eigenvalue weighted by Gasteiger charge is 2.14. The van der Waals surface area contributed by atoms with Gasteiger partial charge in [-0.2, -0.15) is 0 Å². The Bertz CT molecular complexity index is 350. The van der Waals surface area contributed by atoms with Crippen molar-refractivity contribution in [2.75, 3.05) is 6.61 Å². The minimum atomic E-state index is -0.190. The molecule has 2 atom stereocenters. The van der Waals surface area contributed by atoms with Gasteiger partial charge in [-0.05, 0) is 37.3 Å². The average Bonchev–Trinajstić information content (AvgIpc) is 2.56. The first-order valence-corrected chi connectivity index (χ1v) is 9.12. The lowest BCUT2D eigenvalue weighted by Crippen LogP contribution is -2.19. The number of benzene rings is 1. The normalized spacial score (nSPS) is 13.8. The molecule has 2 heteroatoms. The highest BCUT2D eigenvalue weighted by atomic mass is 16.5. The molecule has 0 aromatic heterocycles. The van der Waals surface area contributed by atoms with Crippen molar-refractivity contribution in [3.8, 4) is 5.75 Å². The maximum absolute atomic E-state index is 9.94. The number of rotatable bonds is 13. The predicted octanol–water partition coefficient (Wildman–Crippen LogP) is 5.59. The van der Waals surface area contributed by atoms with E-state index in [1.807, 2.05) is 37.3 Å². The van der Waals surface area contributed by atoms with Crippen LogP contribution in [-0.2, 0) is 0 Å². The first-order valence-electron chi connectivity index (χ1n) is 9.12. The minimum Gasteiger partial charge on any atom is -0.493 e. The number of aliphatic hydroxyl groups excluding tert-OH is 1. The van der Waals surface area contributed by atoms with Crippen LogP contribution in [0.15, 0.2) is 30.3 Å². The van der Waals surface area contributed by atoms with E-state index in [1.165, 1.54) is 38.5 Å². The van der Waals surface area contributed by atoms with E-state index >= 15 is 0 Å². The summed E-state index contributed by atoms with van der Waals surface area (Å²) in [5.41, 5.74) is 0. The quantitative estimate of drug-likeness (QED) is 0.481. The molecular weight excluding hydrogens is 272 g/mol. The van der Waals surface area contributed by atoms with Crippen LogP contribution in [0.1, 0.15) is 71.6 Å². The van der Waals surface area contributed by atoms with Gasteiger partial charge in [-0.1, -0.05) is 70.6 Å². The molecule has 0 amide bonds. The van der Waals surface area contributed by atoms with Crippen molar-refractivity contribution in [2.45, 2.75) is 77.7 Å². The van der Waals surface area contributed by atoms with Gasteiger partial charge in [-0.15, -0.1) is 0 Å². The molecular formula is C20H34O2. The lowest BCUT2D eigenvalue weighted by Gasteiger charge is -2.20. The van der Waals surface area contributed by atoms with Crippen LogP contribution in [0.2, 0.25) is 0 Å². The van der Waals surface area contributed by atoms with Gasteiger partial charge in [0.25, 0.3) is 0 Å². The molecule has 0 aliphatic rings. The molecule has 126 valence electrons. The van der Waals surface area contributed by atoms with Gasteiger partial charge in [-0.25, -0.2) is 0 Å². The van der Waals surface area contributed by atoms with E-state index in [1.54, 1.807) is 0 Å². The molecule has 0 aliphatic carbocycles.